The molecule has 0 fully saturated rings. The number of rotatable bonds is 9. The minimum absolute atomic E-state index is 0.0648. The third-order valence-electron chi connectivity index (χ3n) is 6.86. The van der Waals surface area contributed by atoms with Crippen molar-refractivity contribution in [2.45, 2.75) is 99.3 Å². The second-order valence-electron chi connectivity index (χ2n) is 10.4. The van der Waals surface area contributed by atoms with Crippen molar-refractivity contribution < 1.29 is 4.74 Å². The summed E-state index contributed by atoms with van der Waals surface area (Å²) in [5.41, 5.74) is 5.94. The van der Waals surface area contributed by atoms with Gasteiger partial charge in [-0.05, 0) is 66.3 Å². The van der Waals surface area contributed by atoms with E-state index in [0.717, 1.165) is 6.42 Å². The molecular formula is C20H44N2O. The summed E-state index contributed by atoms with van der Waals surface area (Å²) >= 11 is 0. The average Bonchev–Trinajstić information content (AvgIpc) is 2.34. The number of nitrogens with two attached hydrogens (primary N) is 1. The second-order valence-corrected chi connectivity index (χ2v) is 10.4. The third-order valence-corrected chi connectivity index (χ3v) is 6.86. The zero-order valence-electron chi connectivity index (χ0n) is 18.0. The lowest BCUT2D eigenvalue weighted by Gasteiger charge is -2.48. The van der Waals surface area contributed by atoms with Gasteiger partial charge in [0.25, 0.3) is 0 Å². The fourth-order valence-corrected chi connectivity index (χ4v) is 2.26. The molecule has 0 rings (SSSR count). The average molecular weight is 329 g/mol. The Morgan fingerprint density at radius 1 is 0.870 bits per heavy atom. The Hall–Kier alpha value is -0.120. The lowest BCUT2D eigenvalue weighted by Crippen LogP contribution is -2.53. The Bertz CT molecular complexity index is 376. The summed E-state index contributed by atoms with van der Waals surface area (Å²) in [6.07, 6.45) is 1.10. The molecule has 1 atom stereocenters. The first-order chi connectivity index (χ1) is 9.90. The molecule has 23 heavy (non-hydrogen) atoms. The molecule has 0 aliphatic rings. The topological polar surface area (TPSA) is 47.3 Å². The van der Waals surface area contributed by atoms with Crippen molar-refractivity contribution in [3.8, 4) is 0 Å². The van der Waals surface area contributed by atoms with E-state index in [-0.39, 0.29) is 27.5 Å². The molecule has 0 saturated heterocycles. The second kappa shape index (κ2) is 7.01. The standard InChI is InChI=1S/C20H44N2O/c1-15(18(6,7)22-12)13-16(2,3)20(10,11)23-14-17(4,5)19(8,9)21/h15,22H,13-14,21H2,1-12H3. The number of hydrogen-bond donors (Lipinski definition) is 2. The van der Waals surface area contributed by atoms with Gasteiger partial charge < -0.3 is 15.8 Å². The lowest BCUT2D eigenvalue weighted by atomic mass is 9.68. The highest BCUT2D eigenvalue weighted by molar-refractivity contribution is 4.95. The minimum Gasteiger partial charge on any atom is -0.374 e. The van der Waals surface area contributed by atoms with Gasteiger partial charge in [-0.25, -0.2) is 0 Å². The molecule has 0 bridgehead atoms. The van der Waals surface area contributed by atoms with Crippen LogP contribution in [0.3, 0.4) is 0 Å². The molecule has 0 aromatic rings. The van der Waals surface area contributed by atoms with Crippen LogP contribution in [0.5, 0.6) is 0 Å². The van der Waals surface area contributed by atoms with Gasteiger partial charge >= 0.3 is 0 Å². The van der Waals surface area contributed by atoms with Gasteiger partial charge in [0.1, 0.15) is 0 Å². The van der Waals surface area contributed by atoms with Crippen LogP contribution in [0.25, 0.3) is 0 Å². The highest BCUT2D eigenvalue weighted by atomic mass is 16.5. The maximum Gasteiger partial charge on any atom is 0.0677 e. The van der Waals surface area contributed by atoms with E-state index in [9.17, 15) is 0 Å². The minimum atomic E-state index is -0.269. The smallest absolute Gasteiger partial charge is 0.0677 e. The fourth-order valence-electron chi connectivity index (χ4n) is 2.26. The van der Waals surface area contributed by atoms with Crippen molar-refractivity contribution in [1.82, 2.24) is 5.32 Å². The van der Waals surface area contributed by atoms with Crippen molar-refractivity contribution in [3.05, 3.63) is 0 Å². The van der Waals surface area contributed by atoms with Gasteiger partial charge in [0.05, 0.1) is 12.2 Å². The molecule has 0 aromatic carbocycles. The van der Waals surface area contributed by atoms with Crippen LogP contribution < -0.4 is 11.1 Å². The normalized spacial score (nSPS) is 16.6. The molecule has 3 heteroatoms. The largest absolute Gasteiger partial charge is 0.374 e. The van der Waals surface area contributed by atoms with E-state index in [1.54, 1.807) is 0 Å². The quantitative estimate of drug-likeness (QED) is 0.650. The molecule has 140 valence electrons. The van der Waals surface area contributed by atoms with Gasteiger partial charge in [0.2, 0.25) is 0 Å². The zero-order valence-corrected chi connectivity index (χ0v) is 18.0. The van der Waals surface area contributed by atoms with E-state index in [4.69, 9.17) is 10.5 Å². The molecule has 1 unspecified atom stereocenters. The molecule has 0 radical (unpaired) electrons. The molecule has 0 spiro atoms. The lowest BCUT2D eigenvalue weighted by molar-refractivity contribution is -0.137. The molecule has 0 heterocycles. The van der Waals surface area contributed by atoms with Crippen LogP contribution in [0.1, 0.15) is 82.6 Å². The van der Waals surface area contributed by atoms with Crippen molar-refractivity contribution in [1.29, 1.82) is 0 Å². The van der Waals surface area contributed by atoms with Crippen LogP contribution in [0, 0.1) is 16.7 Å². The van der Waals surface area contributed by atoms with Gasteiger partial charge in [-0.2, -0.15) is 0 Å². The van der Waals surface area contributed by atoms with Crippen LogP contribution in [0.15, 0.2) is 0 Å². The highest BCUT2D eigenvalue weighted by Crippen LogP contribution is 2.43. The van der Waals surface area contributed by atoms with Gasteiger partial charge in [-0.1, -0.05) is 34.6 Å². The summed E-state index contributed by atoms with van der Waals surface area (Å²) in [7, 11) is 2.04. The van der Waals surface area contributed by atoms with E-state index in [2.05, 4.69) is 81.5 Å². The van der Waals surface area contributed by atoms with Gasteiger partial charge in [-0.15, -0.1) is 0 Å². The Kier molecular flexibility index (Phi) is 6.98. The Labute approximate surface area is 146 Å². The van der Waals surface area contributed by atoms with E-state index in [1.807, 2.05) is 7.05 Å². The zero-order chi connectivity index (χ0) is 18.9. The molecule has 3 N–H and O–H groups in total. The summed E-state index contributed by atoms with van der Waals surface area (Å²) in [4.78, 5) is 0. The molecule has 0 aromatic heterocycles. The summed E-state index contributed by atoms with van der Waals surface area (Å²) < 4.78 is 6.43. The van der Waals surface area contributed by atoms with Crippen LogP contribution in [-0.4, -0.2) is 30.3 Å². The summed E-state index contributed by atoms with van der Waals surface area (Å²) in [6.45, 7) is 25.1. The molecule has 0 amide bonds. The first kappa shape index (κ1) is 22.9. The summed E-state index contributed by atoms with van der Waals surface area (Å²) in [5, 5.41) is 3.43. The molecule has 0 aliphatic carbocycles. The number of hydrogen-bond acceptors (Lipinski definition) is 3. The summed E-state index contributed by atoms with van der Waals surface area (Å²) in [6, 6.07) is 0. The van der Waals surface area contributed by atoms with Crippen LogP contribution in [-0.2, 0) is 4.74 Å². The van der Waals surface area contributed by atoms with Crippen molar-refractivity contribution in [3.63, 3.8) is 0 Å². The molecule has 0 aliphatic heterocycles. The van der Waals surface area contributed by atoms with Gasteiger partial charge in [0.15, 0.2) is 0 Å². The van der Waals surface area contributed by atoms with Crippen molar-refractivity contribution in [2.75, 3.05) is 13.7 Å². The summed E-state index contributed by atoms with van der Waals surface area (Å²) in [5.74, 6) is 0.546. The van der Waals surface area contributed by atoms with E-state index in [1.165, 1.54) is 0 Å². The van der Waals surface area contributed by atoms with E-state index in [0.29, 0.717) is 12.5 Å². The van der Waals surface area contributed by atoms with Crippen LogP contribution in [0.2, 0.25) is 0 Å². The Morgan fingerprint density at radius 2 is 1.30 bits per heavy atom. The van der Waals surface area contributed by atoms with Crippen LogP contribution in [0.4, 0.5) is 0 Å². The number of ether oxygens (including phenoxy) is 1. The predicted molar refractivity (Wildman–Crippen MR) is 103 cm³/mol. The molecule has 0 saturated carbocycles. The molecular weight excluding hydrogens is 284 g/mol. The maximum atomic E-state index is 6.43. The van der Waals surface area contributed by atoms with E-state index >= 15 is 0 Å². The number of nitrogens with one attached hydrogen (secondary N) is 1. The van der Waals surface area contributed by atoms with Gasteiger partial charge in [0, 0.05) is 16.5 Å². The maximum absolute atomic E-state index is 6.43. The Morgan fingerprint density at radius 3 is 1.65 bits per heavy atom. The monoisotopic (exact) mass is 328 g/mol. The Balaban J connectivity index is 5.05. The van der Waals surface area contributed by atoms with Crippen molar-refractivity contribution in [2.24, 2.45) is 22.5 Å². The highest BCUT2D eigenvalue weighted by Gasteiger charge is 2.43. The molecule has 3 nitrogen and oxygen atoms in total. The van der Waals surface area contributed by atoms with E-state index < -0.39 is 0 Å². The predicted octanol–water partition coefficient (Wildman–Crippen LogP) is 4.60. The fraction of sp³-hybridized carbons (Fsp3) is 1.00. The SMILES string of the molecule is CNC(C)(C)C(C)CC(C)(C)C(C)(C)OCC(C)(C)C(C)(C)N. The third kappa shape index (κ3) is 5.72. The van der Waals surface area contributed by atoms with Gasteiger partial charge in [-0.3, -0.25) is 0 Å². The first-order valence-electron chi connectivity index (χ1n) is 9.01. The first-order valence-corrected chi connectivity index (χ1v) is 9.01. The van der Waals surface area contributed by atoms with Crippen LogP contribution >= 0.6 is 0 Å². The van der Waals surface area contributed by atoms with Crippen molar-refractivity contribution >= 4 is 0 Å².